The zero-order chi connectivity index (χ0) is 9.73. The first kappa shape index (κ1) is 11.0. The van der Waals surface area contributed by atoms with Gasteiger partial charge in [0.15, 0.2) is 0 Å². The molecule has 3 heteroatoms. The monoisotopic (exact) mass is 187 g/mol. The summed E-state index contributed by atoms with van der Waals surface area (Å²) in [5.74, 6) is 0. The molecule has 1 rings (SSSR count). The van der Waals surface area contributed by atoms with Crippen LogP contribution in [0.2, 0.25) is 0 Å². The molecule has 0 bridgehead atoms. The van der Waals surface area contributed by atoms with E-state index in [1.807, 2.05) is 13.8 Å². The molecule has 0 aromatic carbocycles. The van der Waals surface area contributed by atoms with E-state index >= 15 is 0 Å². The quantitative estimate of drug-likeness (QED) is 0.672. The third-order valence-electron chi connectivity index (χ3n) is 2.45. The molecule has 2 N–H and O–H groups in total. The fourth-order valence-electron chi connectivity index (χ4n) is 1.76. The van der Waals surface area contributed by atoms with E-state index in [1.165, 1.54) is 0 Å². The topological polar surface area (TPSA) is 41.5 Å². The average molecular weight is 187 g/mol. The van der Waals surface area contributed by atoms with Crippen molar-refractivity contribution >= 4 is 0 Å². The predicted molar refractivity (Wildman–Crippen MR) is 52.8 cm³/mol. The van der Waals surface area contributed by atoms with Crippen LogP contribution in [-0.4, -0.2) is 36.5 Å². The summed E-state index contributed by atoms with van der Waals surface area (Å²) in [6, 6.07) is 0. The van der Waals surface area contributed by atoms with E-state index in [1.54, 1.807) is 0 Å². The molecule has 1 heterocycles. The molecule has 1 aliphatic heterocycles. The lowest BCUT2D eigenvalue weighted by Crippen LogP contribution is -2.40. The van der Waals surface area contributed by atoms with Crippen LogP contribution in [0, 0.1) is 0 Å². The van der Waals surface area contributed by atoms with E-state index in [0.717, 1.165) is 32.4 Å². The Bertz CT molecular complexity index is 142. The largest absolute Gasteiger partial charge is 0.389 e. The van der Waals surface area contributed by atoms with Gasteiger partial charge in [-0.2, -0.15) is 0 Å². The highest BCUT2D eigenvalue weighted by Gasteiger charge is 2.27. The highest BCUT2D eigenvalue weighted by molar-refractivity contribution is 4.81. The summed E-state index contributed by atoms with van der Waals surface area (Å²) in [5.41, 5.74) is -0.620. The van der Waals surface area contributed by atoms with Crippen LogP contribution >= 0.6 is 0 Å². The van der Waals surface area contributed by atoms with Gasteiger partial charge in [0.05, 0.1) is 11.7 Å². The van der Waals surface area contributed by atoms with Gasteiger partial charge >= 0.3 is 0 Å². The fourth-order valence-corrected chi connectivity index (χ4v) is 1.76. The number of nitrogens with one attached hydrogen (secondary N) is 1. The van der Waals surface area contributed by atoms with Crippen molar-refractivity contribution in [2.45, 2.75) is 44.8 Å². The second kappa shape index (κ2) is 4.94. The molecule has 0 aromatic heterocycles. The van der Waals surface area contributed by atoms with Gasteiger partial charge in [-0.1, -0.05) is 6.92 Å². The minimum atomic E-state index is -0.620. The summed E-state index contributed by atoms with van der Waals surface area (Å²) in [6.07, 6.45) is 3.26. The van der Waals surface area contributed by atoms with Crippen LogP contribution < -0.4 is 5.32 Å². The molecular formula is C10H21NO2. The molecule has 0 radical (unpaired) electrons. The fraction of sp³-hybridized carbons (Fsp3) is 1.00. The van der Waals surface area contributed by atoms with Gasteiger partial charge in [-0.3, -0.25) is 0 Å². The second-order valence-corrected chi connectivity index (χ2v) is 4.12. The van der Waals surface area contributed by atoms with Crippen molar-refractivity contribution in [3.05, 3.63) is 0 Å². The van der Waals surface area contributed by atoms with Crippen molar-refractivity contribution in [3.63, 3.8) is 0 Å². The van der Waals surface area contributed by atoms with Gasteiger partial charge in [-0.15, -0.1) is 0 Å². The summed E-state index contributed by atoms with van der Waals surface area (Å²) in [6.45, 7) is 6.34. The zero-order valence-electron chi connectivity index (χ0n) is 8.68. The molecular weight excluding hydrogens is 166 g/mol. The maximum atomic E-state index is 9.96. The lowest BCUT2D eigenvalue weighted by molar-refractivity contribution is -0.00557. The minimum absolute atomic E-state index is 0.272. The lowest BCUT2D eigenvalue weighted by Gasteiger charge is -2.26. The normalized spacial score (nSPS) is 27.5. The van der Waals surface area contributed by atoms with Crippen LogP contribution in [0.4, 0.5) is 0 Å². The first-order valence-corrected chi connectivity index (χ1v) is 5.19. The Hall–Kier alpha value is -0.120. The average Bonchev–Trinajstić information content (AvgIpc) is 2.52. The van der Waals surface area contributed by atoms with Crippen LogP contribution in [0.5, 0.6) is 0 Å². The molecule has 78 valence electrons. The SMILES string of the molecule is CCNCC(C)(O)CC1CCCO1. The highest BCUT2D eigenvalue weighted by Crippen LogP contribution is 2.21. The third-order valence-corrected chi connectivity index (χ3v) is 2.45. The van der Waals surface area contributed by atoms with E-state index in [2.05, 4.69) is 5.32 Å². The summed E-state index contributed by atoms with van der Waals surface area (Å²) < 4.78 is 5.48. The van der Waals surface area contributed by atoms with Crippen molar-refractivity contribution < 1.29 is 9.84 Å². The van der Waals surface area contributed by atoms with E-state index in [9.17, 15) is 5.11 Å². The van der Waals surface area contributed by atoms with E-state index in [0.29, 0.717) is 6.54 Å². The Morgan fingerprint density at radius 2 is 2.38 bits per heavy atom. The van der Waals surface area contributed by atoms with Gasteiger partial charge < -0.3 is 15.2 Å². The van der Waals surface area contributed by atoms with Gasteiger partial charge in [-0.25, -0.2) is 0 Å². The van der Waals surface area contributed by atoms with Crippen molar-refractivity contribution in [1.82, 2.24) is 5.32 Å². The second-order valence-electron chi connectivity index (χ2n) is 4.12. The first-order valence-electron chi connectivity index (χ1n) is 5.19. The van der Waals surface area contributed by atoms with E-state index < -0.39 is 5.60 Å². The molecule has 1 saturated heterocycles. The predicted octanol–water partition coefficient (Wildman–Crippen LogP) is 0.916. The van der Waals surface area contributed by atoms with Crippen LogP contribution in [0.25, 0.3) is 0 Å². The highest BCUT2D eigenvalue weighted by atomic mass is 16.5. The Labute approximate surface area is 80.5 Å². The lowest BCUT2D eigenvalue weighted by atomic mass is 9.97. The molecule has 2 unspecified atom stereocenters. The van der Waals surface area contributed by atoms with Crippen molar-refractivity contribution in [2.75, 3.05) is 19.7 Å². The maximum absolute atomic E-state index is 9.96. The molecule has 13 heavy (non-hydrogen) atoms. The van der Waals surface area contributed by atoms with Crippen LogP contribution in [-0.2, 0) is 4.74 Å². The zero-order valence-corrected chi connectivity index (χ0v) is 8.68. The van der Waals surface area contributed by atoms with Crippen molar-refractivity contribution in [1.29, 1.82) is 0 Å². The number of rotatable bonds is 5. The minimum Gasteiger partial charge on any atom is -0.389 e. The summed E-state index contributed by atoms with van der Waals surface area (Å²) in [4.78, 5) is 0. The van der Waals surface area contributed by atoms with Crippen molar-refractivity contribution in [2.24, 2.45) is 0 Å². The number of hydrogen-bond acceptors (Lipinski definition) is 3. The standard InChI is InChI=1S/C10H21NO2/c1-3-11-8-10(2,12)7-9-5-4-6-13-9/h9,11-12H,3-8H2,1-2H3. The van der Waals surface area contributed by atoms with Gasteiger partial charge in [0, 0.05) is 19.6 Å². The third kappa shape index (κ3) is 4.07. The molecule has 0 spiro atoms. The number of likely N-dealkylation sites (N-methyl/N-ethyl adjacent to an activating group) is 1. The molecule has 0 saturated carbocycles. The molecule has 0 aliphatic carbocycles. The number of ether oxygens (including phenoxy) is 1. The molecule has 2 atom stereocenters. The molecule has 0 aromatic rings. The van der Waals surface area contributed by atoms with Gasteiger partial charge in [0.2, 0.25) is 0 Å². The Balaban J connectivity index is 2.23. The smallest absolute Gasteiger partial charge is 0.0768 e. The number of aliphatic hydroxyl groups is 1. The summed E-state index contributed by atoms with van der Waals surface area (Å²) in [5, 5.41) is 13.1. The summed E-state index contributed by atoms with van der Waals surface area (Å²) >= 11 is 0. The molecule has 0 amide bonds. The van der Waals surface area contributed by atoms with Crippen LogP contribution in [0.3, 0.4) is 0 Å². The Kier molecular flexibility index (Phi) is 4.16. The molecule has 1 fully saturated rings. The Morgan fingerprint density at radius 1 is 1.62 bits per heavy atom. The van der Waals surface area contributed by atoms with E-state index in [-0.39, 0.29) is 6.10 Å². The van der Waals surface area contributed by atoms with Gasteiger partial charge in [0.25, 0.3) is 0 Å². The number of hydrogen-bond donors (Lipinski definition) is 2. The maximum Gasteiger partial charge on any atom is 0.0768 e. The van der Waals surface area contributed by atoms with E-state index in [4.69, 9.17) is 4.74 Å². The van der Waals surface area contributed by atoms with Gasteiger partial charge in [-0.05, 0) is 26.3 Å². The van der Waals surface area contributed by atoms with Crippen LogP contribution in [0.15, 0.2) is 0 Å². The van der Waals surface area contributed by atoms with Gasteiger partial charge in [0.1, 0.15) is 0 Å². The summed E-state index contributed by atoms with van der Waals surface area (Å²) in [7, 11) is 0. The molecule has 1 aliphatic rings. The Morgan fingerprint density at radius 3 is 2.92 bits per heavy atom. The van der Waals surface area contributed by atoms with Crippen molar-refractivity contribution in [3.8, 4) is 0 Å². The first-order chi connectivity index (χ1) is 6.14. The molecule has 3 nitrogen and oxygen atoms in total. The van der Waals surface area contributed by atoms with Crippen LogP contribution in [0.1, 0.15) is 33.1 Å².